The Morgan fingerprint density at radius 3 is 1.79 bits per heavy atom. The third-order valence-electron chi connectivity index (χ3n) is 4.10. The molecule has 0 aliphatic carbocycles. The van der Waals surface area contributed by atoms with Crippen molar-refractivity contribution in [3.05, 3.63) is 77.5 Å². The molecule has 0 saturated carbocycles. The molecule has 1 heterocycles. The SMILES string of the molecule is O=C(O)c1cc(-c2cccc(C(F)(F)F)c2)cnc1-c1cccc(C(F)(F)F)c1. The molecule has 0 unspecified atom stereocenters. The van der Waals surface area contributed by atoms with Gasteiger partial charge in [-0.05, 0) is 35.9 Å². The lowest BCUT2D eigenvalue weighted by Gasteiger charge is -2.12. The lowest BCUT2D eigenvalue weighted by molar-refractivity contribution is -0.138. The van der Waals surface area contributed by atoms with Crippen LogP contribution >= 0.6 is 0 Å². The van der Waals surface area contributed by atoms with E-state index in [1.54, 1.807) is 0 Å². The molecular weight excluding hydrogens is 400 g/mol. The second-order valence-electron chi connectivity index (χ2n) is 6.08. The Hall–Kier alpha value is -3.36. The Kier molecular flexibility index (Phi) is 5.08. The molecule has 0 atom stereocenters. The molecule has 3 rings (SSSR count). The van der Waals surface area contributed by atoms with Gasteiger partial charge in [-0.3, -0.25) is 4.98 Å². The maximum absolute atomic E-state index is 12.9. The molecule has 0 saturated heterocycles. The second kappa shape index (κ2) is 7.23. The van der Waals surface area contributed by atoms with E-state index in [-0.39, 0.29) is 22.4 Å². The highest BCUT2D eigenvalue weighted by molar-refractivity contribution is 5.96. The van der Waals surface area contributed by atoms with Crippen molar-refractivity contribution < 1.29 is 36.2 Å². The van der Waals surface area contributed by atoms with Gasteiger partial charge in [0.05, 0.1) is 22.4 Å². The van der Waals surface area contributed by atoms with Crippen molar-refractivity contribution in [3.63, 3.8) is 0 Å². The van der Waals surface area contributed by atoms with Crippen LogP contribution in [-0.2, 0) is 12.4 Å². The molecular formula is C20H11F6NO2. The first kappa shape index (κ1) is 20.4. The van der Waals surface area contributed by atoms with Crippen LogP contribution in [0.25, 0.3) is 22.4 Å². The van der Waals surface area contributed by atoms with E-state index < -0.39 is 35.0 Å². The van der Waals surface area contributed by atoms with Gasteiger partial charge in [-0.25, -0.2) is 4.79 Å². The third-order valence-corrected chi connectivity index (χ3v) is 4.10. The first-order valence-corrected chi connectivity index (χ1v) is 8.05. The molecule has 3 nitrogen and oxygen atoms in total. The van der Waals surface area contributed by atoms with Crippen LogP contribution in [0.3, 0.4) is 0 Å². The summed E-state index contributed by atoms with van der Waals surface area (Å²) >= 11 is 0. The fourth-order valence-corrected chi connectivity index (χ4v) is 2.73. The summed E-state index contributed by atoms with van der Waals surface area (Å²) in [5.41, 5.74) is -2.47. The molecule has 0 amide bonds. The highest BCUT2D eigenvalue weighted by Crippen LogP contribution is 2.35. The monoisotopic (exact) mass is 411 g/mol. The smallest absolute Gasteiger partial charge is 0.416 e. The minimum atomic E-state index is -4.63. The van der Waals surface area contributed by atoms with Crippen LogP contribution in [-0.4, -0.2) is 16.1 Å². The predicted octanol–water partition coefficient (Wildman–Crippen LogP) is 6.15. The number of carbonyl (C=O) groups is 1. The van der Waals surface area contributed by atoms with E-state index >= 15 is 0 Å². The highest BCUT2D eigenvalue weighted by atomic mass is 19.4. The number of carboxylic acid groups (broad SMARTS) is 1. The molecule has 1 N–H and O–H groups in total. The minimum Gasteiger partial charge on any atom is -0.478 e. The first-order chi connectivity index (χ1) is 13.5. The van der Waals surface area contributed by atoms with Gasteiger partial charge in [0, 0.05) is 17.3 Å². The van der Waals surface area contributed by atoms with Crippen LogP contribution in [0.15, 0.2) is 60.8 Å². The lowest BCUT2D eigenvalue weighted by Crippen LogP contribution is -2.07. The predicted molar refractivity (Wildman–Crippen MR) is 92.1 cm³/mol. The number of aromatic carboxylic acids is 1. The number of rotatable bonds is 3. The van der Waals surface area contributed by atoms with E-state index in [9.17, 15) is 36.2 Å². The van der Waals surface area contributed by atoms with E-state index in [0.29, 0.717) is 0 Å². The van der Waals surface area contributed by atoms with Crippen LogP contribution in [0.1, 0.15) is 21.5 Å². The number of benzene rings is 2. The van der Waals surface area contributed by atoms with Crippen LogP contribution < -0.4 is 0 Å². The standard InChI is InChI=1S/C20H11F6NO2/c21-19(22,23)14-5-1-3-11(7-14)13-9-16(18(28)29)17(27-10-13)12-4-2-6-15(8-12)20(24,25)26/h1-10H,(H,28,29). The zero-order chi connectivity index (χ0) is 21.4. The summed E-state index contributed by atoms with van der Waals surface area (Å²) in [5, 5.41) is 9.47. The summed E-state index contributed by atoms with van der Waals surface area (Å²) in [6, 6.07) is 9.29. The summed E-state index contributed by atoms with van der Waals surface area (Å²) in [6.45, 7) is 0. The number of alkyl halides is 6. The number of halogens is 6. The van der Waals surface area contributed by atoms with Gasteiger partial charge in [0.1, 0.15) is 0 Å². The van der Waals surface area contributed by atoms with Gasteiger partial charge in [-0.2, -0.15) is 26.3 Å². The molecule has 9 heteroatoms. The third kappa shape index (κ3) is 4.39. The van der Waals surface area contributed by atoms with Gasteiger partial charge in [-0.15, -0.1) is 0 Å². The molecule has 150 valence electrons. The average molecular weight is 411 g/mol. The number of carboxylic acids is 1. The van der Waals surface area contributed by atoms with Gasteiger partial charge >= 0.3 is 18.3 Å². The van der Waals surface area contributed by atoms with Crippen molar-refractivity contribution in [3.8, 4) is 22.4 Å². The molecule has 0 spiro atoms. The van der Waals surface area contributed by atoms with Gasteiger partial charge < -0.3 is 5.11 Å². The molecule has 29 heavy (non-hydrogen) atoms. The van der Waals surface area contributed by atoms with E-state index in [0.717, 1.165) is 42.6 Å². The van der Waals surface area contributed by atoms with Gasteiger partial charge in [0.2, 0.25) is 0 Å². The summed E-state index contributed by atoms with van der Waals surface area (Å²) in [7, 11) is 0. The fraction of sp³-hybridized carbons (Fsp3) is 0.100. The molecule has 3 aromatic rings. The Labute approximate surface area is 160 Å². The Morgan fingerprint density at radius 1 is 0.759 bits per heavy atom. The van der Waals surface area contributed by atoms with Crippen LogP contribution in [0.4, 0.5) is 26.3 Å². The number of hydrogen-bond acceptors (Lipinski definition) is 2. The average Bonchev–Trinajstić information content (AvgIpc) is 2.66. The van der Waals surface area contributed by atoms with Crippen molar-refractivity contribution in [1.82, 2.24) is 4.98 Å². The maximum atomic E-state index is 12.9. The first-order valence-electron chi connectivity index (χ1n) is 8.05. The van der Waals surface area contributed by atoms with Crippen LogP contribution in [0.5, 0.6) is 0 Å². The zero-order valence-electron chi connectivity index (χ0n) is 14.3. The number of nitrogens with zero attached hydrogens (tertiary/aromatic N) is 1. The number of hydrogen-bond donors (Lipinski definition) is 1. The Balaban J connectivity index is 2.11. The van der Waals surface area contributed by atoms with E-state index in [1.807, 2.05) is 0 Å². The van der Waals surface area contributed by atoms with Gasteiger partial charge in [-0.1, -0.05) is 24.3 Å². The molecule has 0 aliphatic rings. The largest absolute Gasteiger partial charge is 0.478 e. The Morgan fingerprint density at radius 2 is 1.28 bits per heavy atom. The van der Waals surface area contributed by atoms with E-state index in [4.69, 9.17) is 0 Å². The van der Waals surface area contributed by atoms with Crippen molar-refractivity contribution >= 4 is 5.97 Å². The van der Waals surface area contributed by atoms with Gasteiger partial charge in [0.15, 0.2) is 0 Å². The van der Waals surface area contributed by atoms with E-state index in [2.05, 4.69) is 4.98 Å². The molecule has 0 fully saturated rings. The normalized spacial score (nSPS) is 12.1. The molecule has 0 aliphatic heterocycles. The zero-order valence-corrected chi connectivity index (χ0v) is 14.3. The van der Waals surface area contributed by atoms with Crippen molar-refractivity contribution in [2.75, 3.05) is 0 Å². The van der Waals surface area contributed by atoms with Crippen molar-refractivity contribution in [1.29, 1.82) is 0 Å². The summed E-state index contributed by atoms with van der Waals surface area (Å²) < 4.78 is 77.5. The number of aromatic nitrogens is 1. The second-order valence-corrected chi connectivity index (χ2v) is 6.08. The quantitative estimate of drug-likeness (QED) is 0.526. The fourth-order valence-electron chi connectivity index (χ4n) is 2.73. The minimum absolute atomic E-state index is 0.0745. The van der Waals surface area contributed by atoms with Crippen molar-refractivity contribution in [2.24, 2.45) is 0 Å². The van der Waals surface area contributed by atoms with Crippen LogP contribution in [0, 0.1) is 0 Å². The summed E-state index contributed by atoms with van der Waals surface area (Å²) in [5.74, 6) is -1.47. The summed E-state index contributed by atoms with van der Waals surface area (Å²) in [4.78, 5) is 15.6. The Bertz CT molecular complexity index is 1070. The van der Waals surface area contributed by atoms with Crippen LogP contribution in [0.2, 0.25) is 0 Å². The maximum Gasteiger partial charge on any atom is 0.416 e. The van der Waals surface area contributed by atoms with Gasteiger partial charge in [0.25, 0.3) is 0 Å². The molecule has 1 aromatic heterocycles. The topological polar surface area (TPSA) is 50.2 Å². The summed E-state index contributed by atoms with van der Waals surface area (Å²) in [6.07, 6.45) is -8.09. The number of pyridine rings is 1. The van der Waals surface area contributed by atoms with E-state index in [1.165, 1.54) is 18.2 Å². The highest BCUT2D eigenvalue weighted by Gasteiger charge is 2.32. The van der Waals surface area contributed by atoms with Crippen molar-refractivity contribution in [2.45, 2.75) is 12.4 Å². The molecule has 0 radical (unpaired) electrons. The molecule has 0 bridgehead atoms. The molecule has 2 aromatic carbocycles. The lowest BCUT2D eigenvalue weighted by atomic mass is 9.98.